The summed E-state index contributed by atoms with van der Waals surface area (Å²) in [6.07, 6.45) is 1.97. The Bertz CT molecular complexity index is 559. The number of nitrogens with zero attached hydrogens (tertiary/aromatic N) is 2. The molecule has 0 amide bonds. The van der Waals surface area contributed by atoms with Gasteiger partial charge in [-0.1, -0.05) is 12.1 Å². The predicted molar refractivity (Wildman–Crippen MR) is 81.4 cm³/mol. The molecule has 102 valence electrons. The Morgan fingerprint density at radius 1 is 1.32 bits per heavy atom. The largest absolute Gasteiger partial charge is 0.395 e. The van der Waals surface area contributed by atoms with Crippen LogP contribution in [0.1, 0.15) is 6.92 Å². The van der Waals surface area contributed by atoms with Gasteiger partial charge in [0, 0.05) is 11.3 Å². The van der Waals surface area contributed by atoms with Gasteiger partial charge in [-0.3, -0.25) is 0 Å². The van der Waals surface area contributed by atoms with Crippen molar-refractivity contribution in [1.82, 2.24) is 9.97 Å². The molecule has 1 heterocycles. The quantitative estimate of drug-likeness (QED) is 0.772. The van der Waals surface area contributed by atoms with Gasteiger partial charge in [0.1, 0.15) is 0 Å². The Morgan fingerprint density at radius 3 is 2.53 bits per heavy atom. The Hall–Kier alpha value is -1.53. The number of nitrogens with one attached hydrogen (secondary N) is 1. The number of hydrogen-bond donors (Lipinski definition) is 3. The van der Waals surface area contributed by atoms with Crippen molar-refractivity contribution < 1.29 is 5.11 Å². The summed E-state index contributed by atoms with van der Waals surface area (Å²) in [5.74, 6) is 0.946. The molecule has 0 fully saturated rings. The van der Waals surface area contributed by atoms with E-state index in [4.69, 9.17) is 5.73 Å². The molecule has 0 saturated carbocycles. The summed E-state index contributed by atoms with van der Waals surface area (Å²) in [5, 5.41) is 12.6. The second-order valence-corrected chi connectivity index (χ2v) is 5.41. The lowest BCUT2D eigenvalue weighted by Crippen LogP contribution is -2.31. The van der Waals surface area contributed by atoms with Crippen molar-refractivity contribution in [1.29, 1.82) is 0 Å². The van der Waals surface area contributed by atoms with Crippen molar-refractivity contribution >= 4 is 34.4 Å². The van der Waals surface area contributed by atoms with Crippen LogP contribution in [0.3, 0.4) is 0 Å². The zero-order valence-electron chi connectivity index (χ0n) is 11.0. The minimum Gasteiger partial charge on any atom is -0.395 e. The molecule has 1 aromatic heterocycles. The third kappa shape index (κ3) is 3.08. The van der Waals surface area contributed by atoms with E-state index in [1.807, 2.05) is 37.4 Å². The summed E-state index contributed by atoms with van der Waals surface area (Å²) in [6.45, 7) is 2.10. The number of nitrogens with two attached hydrogens (primary N) is 1. The SMILES string of the molecule is CSC(CO)C(C)Nc1nc2ccccc2nc1N. The van der Waals surface area contributed by atoms with Gasteiger partial charge in [-0.05, 0) is 25.3 Å². The molecule has 0 aliphatic rings. The first kappa shape index (κ1) is 13.9. The Morgan fingerprint density at radius 2 is 1.95 bits per heavy atom. The van der Waals surface area contributed by atoms with Crippen LogP contribution in [0.25, 0.3) is 11.0 Å². The maximum absolute atomic E-state index is 9.29. The number of aliphatic hydroxyl groups excluding tert-OH is 1. The first-order chi connectivity index (χ1) is 9.15. The molecule has 0 radical (unpaired) electrons. The molecule has 19 heavy (non-hydrogen) atoms. The smallest absolute Gasteiger partial charge is 0.169 e. The van der Waals surface area contributed by atoms with Crippen LogP contribution in [0, 0.1) is 0 Å². The maximum atomic E-state index is 9.29. The molecule has 6 heteroatoms. The molecule has 2 aromatic rings. The van der Waals surface area contributed by atoms with Gasteiger partial charge in [-0.2, -0.15) is 11.8 Å². The fourth-order valence-corrected chi connectivity index (χ4v) is 2.49. The molecule has 0 aliphatic heterocycles. The van der Waals surface area contributed by atoms with Crippen LogP contribution in [-0.2, 0) is 0 Å². The number of benzene rings is 1. The number of rotatable bonds is 5. The van der Waals surface area contributed by atoms with Gasteiger partial charge in [0.2, 0.25) is 0 Å². The second-order valence-electron chi connectivity index (χ2n) is 4.34. The number of anilines is 2. The van der Waals surface area contributed by atoms with Crippen molar-refractivity contribution in [2.24, 2.45) is 0 Å². The number of thioether (sulfide) groups is 1. The van der Waals surface area contributed by atoms with Crippen molar-refractivity contribution in [3.8, 4) is 0 Å². The first-order valence-electron chi connectivity index (χ1n) is 6.08. The van der Waals surface area contributed by atoms with Gasteiger partial charge in [0.25, 0.3) is 0 Å². The molecule has 2 unspecified atom stereocenters. The van der Waals surface area contributed by atoms with E-state index in [9.17, 15) is 5.11 Å². The minimum absolute atomic E-state index is 0.0535. The monoisotopic (exact) mass is 278 g/mol. The second kappa shape index (κ2) is 6.08. The lowest BCUT2D eigenvalue weighted by molar-refractivity contribution is 0.288. The van der Waals surface area contributed by atoms with Gasteiger partial charge in [-0.15, -0.1) is 0 Å². The zero-order valence-corrected chi connectivity index (χ0v) is 11.8. The fraction of sp³-hybridized carbons (Fsp3) is 0.385. The van der Waals surface area contributed by atoms with Crippen LogP contribution >= 0.6 is 11.8 Å². The molecule has 0 saturated heterocycles. The number of aromatic nitrogens is 2. The highest BCUT2D eigenvalue weighted by molar-refractivity contribution is 7.99. The fourth-order valence-electron chi connectivity index (χ4n) is 1.87. The lowest BCUT2D eigenvalue weighted by atomic mass is 10.2. The summed E-state index contributed by atoms with van der Waals surface area (Å²) in [6, 6.07) is 7.65. The molecule has 1 aromatic carbocycles. The van der Waals surface area contributed by atoms with E-state index in [0.717, 1.165) is 11.0 Å². The molecule has 2 atom stereocenters. The molecule has 2 rings (SSSR count). The van der Waals surface area contributed by atoms with Gasteiger partial charge < -0.3 is 16.2 Å². The van der Waals surface area contributed by atoms with Gasteiger partial charge >= 0.3 is 0 Å². The number of nitrogen functional groups attached to an aromatic ring is 1. The third-order valence-corrected chi connectivity index (χ3v) is 4.17. The van der Waals surface area contributed by atoms with Gasteiger partial charge in [0.15, 0.2) is 11.6 Å². The van der Waals surface area contributed by atoms with Crippen molar-refractivity contribution in [2.45, 2.75) is 18.2 Å². The number of aliphatic hydroxyl groups is 1. The van der Waals surface area contributed by atoms with E-state index < -0.39 is 0 Å². The molecule has 4 N–H and O–H groups in total. The summed E-state index contributed by atoms with van der Waals surface area (Å²) < 4.78 is 0. The number of para-hydroxylation sites is 2. The number of fused-ring (bicyclic) bond motifs is 1. The molecular formula is C13H18N4OS. The van der Waals surface area contributed by atoms with E-state index in [-0.39, 0.29) is 17.9 Å². The van der Waals surface area contributed by atoms with Gasteiger partial charge in [0.05, 0.1) is 17.6 Å². The van der Waals surface area contributed by atoms with Crippen molar-refractivity contribution in [2.75, 3.05) is 23.9 Å². The summed E-state index contributed by atoms with van der Waals surface area (Å²) in [7, 11) is 0. The number of hydrogen-bond acceptors (Lipinski definition) is 6. The molecule has 0 aliphatic carbocycles. The highest BCUT2D eigenvalue weighted by Gasteiger charge is 2.17. The van der Waals surface area contributed by atoms with E-state index in [0.29, 0.717) is 11.6 Å². The Balaban J connectivity index is 2.27. The van der Waals surface area contributed by atoms with Crippen LogP contribution in [0.5, 0.6) is 0 Å². The Labute approximate surface area is 116 Å². The molecular weight excluding hydrogens is 260 g/mol. The maximum Gasteiger partial charge on any atom is 0.169 e. The van der Waals surface area contributed by atoms with E-state index in [1.54, 1.807) is 11.8 Å². The summed E-state index contributed by atoms with van der Waals surface area (Å²) in [5.41, 5.74) is 7.49. The van der Waals surface area contributed by atoms with Crippen LogP contribution in [0.2, 0.25) is 0 Å². The van der Waals surface area contributed by atoms with Crippen LogP contribution < -0.4 is 11.1 Å². The van der Waals surface area contributed by atoms with Crippen LogP contribution in [0.4, 0.5) is 11.6 Å². The van der Waals surface area contributed by atoms with Crippen LogP contribution in [0.15, 0.2) is 24.3 Å². The van der Waals surface area contributed by atoms with E-state index >= 15 is 0 Å². The van der Waals surface area contributed by atoms with Gasteiger partial charge in [-0.25, -0.2) is 9.97 Å². The highest BCUT2D eigenvalue weighted by atomic mass is 32.2. The first-order valence-corrected chi connectivity index (χ1v) is 7.37. The normalized spacial score (nSPS) is 14.3. The van der Waals surface area contributed by atoms with Crippen LogP contribution in [-0.4, -0.2) is 39.2 Å². The standard InChI is InChI=1S/C13H18N4OS/c1-8(11(7-18)19-2)15-13-12(14)16-9-5-3-4-6-10(9)17-13/h3-6,8,11,18H,7H2,1-2H3,(H2,14,16)(H,15,17). The molecule has 0 bridgehead atoms. The van der Waals surface area contributed by atoms with E-state index in [1.165, 1.54) is 0 Å². The van der Waals surface area contributed by atoms with Crippen molar-refractivity contribution in [3.05, 3.63) is 24.3 Å². The third-order valence-electron chi connectivity index (χ3n) is 3.00. The molecule has 5 nitrogen and oxygen atoms in total. The summed E-state index contributed by atoms with van der Waals surface area (Å²) in [4.78, 5) is 8.80. The summed E-state index contributed by atoms with van der Waals surface area (Å²) >= 11 is 1.61. The average Bonchev–Trinajstić information content (AvgIpc) is 2.41. The Kier molecular flexibility index (Phi) is 4.44. The predicted octanol–water partition coefficient (Wildman–Crippen LogP) is 1.74. The van der Waals surface area contributed by atoms with Crippen molar-refractivity contribution in [3.63, 3.8) is 0 Å². The minimum atomic E-state index is 0.0535. The van der Waals surface area contributed by atoms with E-state index in [2.05, 4.69) is 15.3 Å². The highest BCUT2D eigenvalue weighted by Crippen LogP contribution is 2.21. The lowest BCUT2D eigenvalue weighted by Gasteiger charge is -2.22. The zero-order chi connectivity index (χ0) is 13.8. The topological polar surface area (TPSA) is 84.1 Å². The molecule has 0 spiro atoms. The average molecular weight is 278 g/mol.